The predicted octanol–water partition coefficient (Wildman–Crippen LogP) is 0.324. The number of aliphatic carboxylic acids is 1. The van der Waals surface area contributed by atoms with Gasteiger partial charge >= 0.3 is 5.97 Å². The smallest absolute Gasteiger partial charge is 0.306 e. The molecule has 1 fully saturated rings. The molecule has 0 aromatic rings. The summed E-state index contributed by atoms with van der Waals surface area (Å²) < 4.78 is 5.06. The van der Waals surface area contributed by atoms with E-state index in [-0.39, 0.29) is 17.9 Å². The molecule has 1 saturated heterocycles. The van der Waals surface area contributed by atoms with E-state index in [0.29, 0.717) is 39.1 Å². The molecule has 0 aromatic heterocycles. The maximum atomic E-state index is 12.0. The van der Waals surface area contributed by atoms with Gasteiger partial charge in [-0.2, -0.15) is 0 Å². The summed E-state index contributed by atoms with van der Waals surface area (Å²) in [4.78, 5) is 24.5. The second kappa shape index (κ2) is 8.12. The lowest BCUT2D eigenvalue weighted by Crippen LogP contribution is -2.46. The van der Waals surface area contributed by atoms with E-state index in [0.717, 1.165) is 6.42 Å². The molecule has 19 heavy (non-hydrogen) atoms. The minimum atomic E-state index is -0.753. The Bertz CT molecular complexity index is 301. The fraction of sp³-hybridized carbons (Fsp3) is 0.846. The van der Waals surface area contributed by atoms with Crippen LogP contribution in [0.25, 0.3) is 0 Å². The topological polar surface area (TPSA) is 78.9 Å². The summed E-state index contributed by atoms with van der Waals surface area (Å²) in [6, 6.07) is 0.186. The molecule has 1 aliphatic rings. The Morgan fingerprint density at radius 1 is 1.42 bits per heavy atom. The summed E-state index contributed by atoms with van der Waals surface area (Å²) in [5.74, 6) is -1.01. The molecule has 1 unspecified atom stereocenters. The van der Waals surface area contributed by atoms with Gasteiger partial charge in [-0.05, 0) is 19.3 Å². The molecule has 1 aliphatic heterocycles. The van der Waals surface area contributed by atoms with E-state index in [2.05, 4.69) is 5.32 Å². The van der Waals surface area contributed by atoms with Gasteiger partial charge in [0.25, 0.3) is 0 Å². The molecule has 2 N–H and O–H groups in total. The van der Waals surface area contributed by atoms with Gasteiger partial charge in [0, 0.05) is 26.2 Å². The number of carboxylic acid groups (broad SMARTS) is 1. The third-order valence-electron chi connectivity index (χ3n) is 3.60. The molecule has 0 aromatic carbocycles. The standard InChI is InChI=1S/C13H24N2O4/c1-3-11(9-19-2)14-8-12(16)15-6-4-10(5-7-15)13(17)18/h10-11,14H,3-9H2,1-2H3,(H,17,18). The van der Waals surface area contributed by atoms with Gasteiger partial charge in [-0.15, -0.1) is 0 Å². The fourth-order valence-electron chi connectivity index (χ4n) is 2.24. The molecule has 6 nitrogen and oxygen atoms in total. The summed E-state index contributed by atoms with van der Waals surface area (Å²) in [6.07, 6.45) is 2.01. The van der Waals surface area contributed by atoms with Crippen LogP contribution in [-0.4, -0.2) is 61.3 Å². The highest BCUT2D eigenvalue weighted by molar-refractivity contribution is 5.79. The van der Waals surface area contributed by atoms with Crippen molar-refractivity contribution < 1.29 is 19.4 Å². The van der Waals surface area contributed by atoms with Gasteiger partial charge in [0.1, 0.15) is 0 Å². The van der Waals surface area contributed by atoms with Crippen LogP contribution in [0, 0.1) is 5.92 Å². The van der Waals surface area contributed by atoms with E-state index in [1.807, 2.05) is 6.92 Å². The van der Waals surface area contributed by atoms with Crippen molar-refractivity contribution in [1.29, 1.82) is 0 Å². The van der Waals surface area contributed by atoms with Crippen molar-refractivity contribution in [3.63, 3.8) is 0 Å². The first-order valence-corrected chi connectivity index (χ1v) is 6.81. The zero-order valence-electron chi connectivity index (χ0n) is 11.7. The zero-order valence-corrected chi connectivity index (χ0v) is 11.7. The number of hydrogen-bond acceptors (Lipinski definition) is 4. The summed E-state index contributed by atoms with van der Waals surface area (Å²) in [7, 11) is 1.64. The largest absolute Gasteiger partial charge is 0.481 e. The molecule has 1 atom stereocenters. The van der Waals surface area contributed by atoms with E-state index in [9.17, 15) is 9.59 Å². The normalized spacial score (nSPS) is 18.3. The number of ether oxygens (including phenoxy) is 1. The van der Waals surface area contributed by atoms with E-state index < -0.39 is 5.97 Å². The Kier molecular flexibility index (Phi) is 6.80. The molecule has 6 heteroatoms. The van der Waals surface area contributed by atoms with Crippen molar-refractivity contribution in [3.05, 3.63) is 0 Å². The van der Waals surface area contributed by atoms with Crippen molar-refractivity contribution in [1.82, 2.24) is 10.2 Å². The van der Waals surface area contributed by atoms with Crippen LogP contribution in [0.2, 0.25) is 0 Å². The van der Waals surface area contributed by atoms with Crippen LogP contribution < -0.4 is 5.32 Å². The lowest BCUT2D eigenvalue weighted by atomic mass is 9.97. The summed E-state index contributed by atoms with van der Waals surface area (Å²) in [5, 5.41) is 12.1. The minimum absolute atomic E-state index is 0.0402. The van der Waals surface area contributed by atoms with Crippen molar-refractivity contribution in [2.24, 2.45) is 5.92 Å². The van der Waals surface area contributed by atoms with E-state index in [1.165, 1.54) is 0 Å². The van der Waals surface area contributed by atoms with Gasteiger partial charge in [0.2, 0.25) is 5.91 Å². The number of nitrogens with zero attached hydrogens (tertiary/aromatic N) is 1. The number of amides is 1. The predicted molar refractivity (Wildman–Crippen MR) is 70.9 cm³/mol. The van der Waals surface area contributed by atoms with Crippen molar-refractivity contribution in [2.45, 2.75) is 32.2 Å². The SMILES string of the molecule is CCC(COC)NCC(=O)N1CCC(C(=O)O)CC1. The Balaban J connectivity index is 2.29. The molecule has 0 aliphatic carbocycles. The third kappa shape index (κ3) is 5.16. The van der Waals surface area contributed by atoms with Gasteiger partial charge in [0.15, 0.2) is 0 Å². The van der Waals surface area contributed by atoms with Crippen molar-refractivity contribution in [3.8, 4) is 0 Å². The Morgan fingerprint density at radius 2 is 2.05 bits per heavy atom. The summed E-state index contributed by atoms with van der Waals surface area (Å²) in [6.45, 7) is 4.00. The van der Waals surface area contributed by atoms with Crippen LogP contribution in [0.4, 0.5) is 0 Å². The van der Waals surface area contributed by atoms with Crippen LogP contribution in [-0.2, 0) is 14.3 Å². The quantitative estimate of drug-likeness (QED) is 0.698. The van der Waals surface area contributed by atoms with Gasteiger partial charge < -0.3 is 20.1 Å². The van der Waals surface area contributed by atoms with Crippen LogP contribution >= 0.6 is 0 Å². The molecule has 0 saturated carbocycles. The number of carbonyl (C=O) groups excluding carboxylic acids is 1. The van der Waals surface area contributed by atoms with Gasteiger partial charge in [-0.1, -0.05) is 6.92 Å². The van der Waals surface area contributed by atoms with Crippen LogP contribution in [0.1, 0.15) is 26.2 Å². The highest BCUT2D eigenvalue weighted by atomic mass is 16.5. The molecular formula is C13H24N2O4. The molecule has 1 amide bonds. The highest BCUT2D eigenvalue weighted by Crippen LogP contribution is 2.17. The summed E-state index contributed by atoms with van der Waals surface area (Å²) >= 11 is 0. The number of hydrogen-bond donors (Lipinski definition) is 2. The third-order valence-corrected chi connectivity index (χ3v) is 3.60. The monoisotopic (exact) mass is 272 g/mol. The first-order valence-electron chi connectivity index (χ1n) is 6.81. The Hall–Kier alpha value is -1.14. The van der Waals surface area contributed by atoms with Crippen LogP contribution in [0.15, 0.2) is 0 Å². The van der Waals surface area contributed by atoms with E-state index in [1.54, 1.807) is 12.0 Å². The lowest BCUT2D eigenvalue weighted by Gasteiger charge is -2.30. The molecule has 1 heterocycles. The number of nitrogens with one attached hydrogen (secondary N) is 1. The maximum Gasteiger partial charge on any atom is 0.306 e. The number of methoxy groups -OCH3 is 1. The average Bonchev–Trinajstić information content (AvgIpc) is 2.43. The first kappa shape index (κ1) is 15.9. The first-order chi connectivity index (χ1) is 9.08. The van der Waals surface area contributed by atoms with E-state index in [4.69, 9.17) is 9.84 Å². The lowest BCUT2D eigenvalue weighted by molar-refractivity contribution is -0.145. The fourth-order valence-corrected chi connectivity index (χ4v) is 2.24. The molecule has 0 radical (unpaired) electrons. The zero-order chi connectivity index (χ0) is 14.3. The molecule has 1 rings (SSSR count). The average molecular weight is 272 g/mol. The Labute approximate surface area is 114 Å². The molecule has 110 valence electrons. The number of piperidine rings is 1. The van der Waals surface area contributed by atoms with Crippen molar-refractivity contribution in [2.75, 3.05) is 33.4 Å². The van der Waals surface area contributed by atoms with Crippen LogP contribution in [0.3, 0.4) is 0 Å². The van der Waals surface area contributed by atoms with Gasteiger partial charge in [0.05, 0.1) is 19.1 Å². The van der Waals surface area contributed by atoms with E-state index >= 15 is 0 Å². The van der Waals surface area contributed by atoms with Gasteiger partial charge in [-0.25, -0.2) is 0 Å². The molecule has 0 spiro atoms. The van der Waals surface area contributed by atoms with Crippen molar-refractivity contribution >= 4 is 11.9 Å². The van der Waals surface area contributed by atoms with Gasteiger partial charge in [-0.3, -0.25) is 9.59 Å². The molecule has 0 bridgehead atoms. The summed E-state index contributed by atoms with van der Waals surface area (Å²) in [5.41, 5.74) is 0. The Morgan fingerprint density at radius 3 is 2.53 bits per heavy atom. The maximum absolute atomic E-state index is 12.0. The minimum Gasteiger partial charge on any atom is -0.481 e. The number of carboxylic acids is 1. The second-order valence-electron chi connectivity index (χ2n) is 4.93. The molecular weight excluding hydrogens is 248 g/mol. The second-order valence-corrected chi connectivity index (χ2v) is 4.93. The number of carbonyl (C=O) groups is 2. The highest BCUT2D eigenvalue weighted by Gasteiger charge is 2.26. The van der Waals surface area contributed by atoms with Crippen LogP contribution in [0.5, 0.6) is 0 Å². The number of likely N-dealkylation sites (tertiary alicyclic amines) is 1. The number of rotatable bonds is 7.